The van der Waals surface area contributed by atoms with Crippen molar-refractivity contribution in [3.05, 3.63) is 53.8 Å². The summed E-state index contributed by atoms with van der Waals surface area (Å²) in [5.74, 6) is 1.46. The number of unbranched alkanes of at least 4 members (excludes halogenated alkanes) is 4. The Morgan fingerprint density at radius 3 is 2.65 bits per heavy atom. The number of hydrogen-bond acceptors (Lipinski definition) is 3. The first kappa shape index (κ1) is 18.2. The van der Waals surface area contributed by atoms with Crippen LogP contribution in [0.1, 0.15) is 55.1 Å². The molecule has 4 heteroatoms. The first-order chi connectivity index (χ1) is 12.7. The molecule has 0 bridgehead atoms. The van der Waals surface area contributed by atoms with Gasteiger partial charge in [0.2, 0.25) is 0 Å². The van der Waals surface area contributed by atoms with Crippen LogP contribution in [0.2, 0.25) is 0 Å². The van der Waals surface area contributed by atoms with E-state index in [9.17, 15) is 4.79 Å². The van der Waals surface area contributed by atoms with Gasteiger partial charge in [-0.2, -0.15) is 0 Å². The Labute approximate surface area is 154 Å². The van der Waals surface area contributed by atoms with E-state index in [4.69, 9.17) is 4.42 Å². The van der Waals surface area contributed by atoms with Crippen LogP contribution in [0.25, 0.3) is 22.4 Å². The number of carbonyl (C=O) groups excluding carboxylic acids is 1. The minimum Gasteiger partial charge on any atom is -0.460 e. The largest absolute Gasteiger partial charge is 0.460 e. The SMILES string of the molecule is CCCCCCCNC(=O)c1cc(-c2ccc(C)o2)nc2ccccc12. The van der Waals surface area contributed by atoms with Crippen molar-refractivity contribution in [2.45, 2.75) is 46.0 Å². The van der Waals surface area contributed by atoms with Crippen molar-refractivity contribution >= 4 is 16.8 Å². The summed E-state index contributed by atoms with van der Waals surface area (Å²) in [6, 6.07) is 13.4. The summed E-state index contributed by atoms with van der Waals surface area (Å²) in [5, 5.41) is 3.92. The lowest BCUT2D eigenvalue weighted by molar-refractivity contribution is 0.0954. The fourth-order valence-electron chi connectivity index (χ4n) is 3.09. The van der Waals surface area contributed by atoms with Crippen LogP contribution in [0.3, 0.4) is 0 Å². The van der Waals surface area contributed by atoms with Crippen molar-refractivity contribution in [1.82, 2.24) is 10.3 Å². The Kier molecular flexibility index (Phi) is 6.05. The second-order valence-electron chi connectivity index (χ2n) is 6.65. The van der Waals surface area contributed by atoms with Crippen LogP contribution in [0.5, 0.6) is 0 Å². The topological polar surface area (TPSA) is 55.1 Å². The number of nitrogens with zero attached hydrogens (tertiary/aromatic N) is 1. The van der Waals surface area contributed by atoms with E-state index in [1.807, 2.05) is 49.4 Å². The Balaban J connectivity index is 1.80. The van der Waals surface area contributed by atoms with Crippen LogP contribution >= 0.6 is 0 Å². The monoisotopic (exact) mass is 350 g/mol. The third-order valence-electron chi connectivity index (χ3n) is 4.52. The summed E-state index contributed by atoms with van der Waals surface area (Å²) in [7, 11) is 0. The molecule has 0 saturated heterocycles. The molecule has 1 N–H and O–H groups in total. The van der Waals surface area contributed by atoms with Gasteiger partial charge < -0.3 is 9.73 Å². The molecule has 0 saturated carbocycles. The average Bonchev–Trinajstić information content (AvgIpc) is 3.10. The maximum atomic E-state index is 12.8. The molecule has 0 atom stereocenters. The third kappa shape index (κ3) is 4.31. The molecule has 0 aliphatic carbocycles. The summed E-state index contributed by atoms with van der Waals surface area (Å²) >= 11 is 0. The first-order valence-corrected chi connectivity index (χ1v) is 9.44. The number of aromatic nitrogens is 1. The number of pyridine rings is 1. The number of rotatable bonds is 8. The van der Waals surface area contributed by atoms with Gasteiger partial charge in [-0.05, 0) is 37.6 Å². The van der Waals surface area contributed by atoms with Crippen LogP contribution in [0.15, 0.2) is 46.9 Å². The Hall–Kier alpha value is -2.62. The van der Waals surface area contributed by atoms with E-state index in [0.717, 1.165) is 29.5 Å². The van der Waals surface area contributed by atoms with Gasteiger partial charge in [-0.1, -0.05) is 50.8 Å². The quantitative estimate of drug-likeness (QED) is 0.545. The fraction of sp³-hybridized carbons (Fsp3) is 0.364. The zero-order valence-corrected chi connectivity index (χ0v) is 15.5. The highest BCUT2D eigenvalue weighted by Gasteiger charge is 2.15. The number of para-hydroxylation sites is 1. The van der Waals surface area contributed by atoms with E-state index in [-0.39, 0.29) is 5.91 Å². The minimum absolute atomic E-state index is 0.0522. The average molecular weight is 350 g/mol. The molecule has 0 aliphatic heterocycles. The van der Waals surface area contributed by atoms with Gasteiger partial charge in [0, 0.05) is 11.9 Å². The maximum Gasteiger partial charge on any atom is 0.252 e. The Bertz CT molecular complexity index is 883. The highest BCUT2D eigenvalue weighted by Crippen LogP contribution is 2.26. The number of benzene rings is 1. The third-order valence-corrected chi connectivity index (χ3v) is 4.52. The number of amides is 1. The van der Waals surface area contributed by atoms with Gasteiger partial charge in [0.05, 0.1) is 11.1 Å². The van der Waals surface area contributed by atoms with Gasteiger partial charge in [-0.15, -0.1) is 0 Å². The van der Waals surface area contributed by atoms with Crippen molar-refractivity contribution in [1.29, 1.82) is 0 Å². The van der Waals surface area contributed by atoms with Crippen molar-refractivity contribution in [2.75, 3.05) is 6.54 Å². The predicted molar refractivity (Wildman–Crippen MR) is 105 cm³/mol. The van der Waals surface area contributed by atoms with Gasteiger partial charge >= 0.3 is 0 Å². The second kappa shape index (κ2) is 8.65. The summed E-state index contributed by atoms with van der Waals surface area (Å²) in [6.07, 6.45) is 5.88. The number of furan rings is 1. The summed E-state index contributed by atoms with van der Waals surface area (Å²) in [6.45, 7) is 4.81. The lowest BCUT2D eigenvalue weighted by atomic mass is 10.1. The second-order valence-corrected chi connectivity index (χ2v) is 6.65. The normalized spacial score (nSPS) is 11.0. The van der Waals surface area contributed by atoms with E-state index in [1.165, 1.54) is 19.3 Å². The van der Waals surface area contributed by atoms with E-state index in [1.54, 1.807) is 0 Å². The van der Waals surface area contributed by atoms with Crippen molar-refractivity contribution < 1.29 is 9.21 Å². The van der Waals surface area contributed by atoms with Crippen molar-refractivity contribution in [3.8, 4) is 11.5 Å². The summed E-state index contributed by atoms with van der Waals surface area (Å²) in [5.41, 5.74) is 2.13. The molecular formula is C22H26N2O2. The van der Waals surface area contributed by atoms with E-state index in [0.29, 0.717) is 23.6 Å². The number of fused-ring (bicyclic) bond motifs is 1. The first-order valence-electron chi connectivity index (χ1n) is 9.44. The number of nitrogens with one attached hydrogen (secondary N) is 1. The van der Waals surface area contributed by atoms with Gasteiger partial charge in [-0.25, -0.2) is 4.98 Å². The zero-order valence-electron chi connectivity index (χ0n) is 15.5. The minimum atomic E-state index is -0.0522. The number of carbonyl (C=O) groups is 1. The molecule has 3 aromatic rings. The van der Waals surface area contributed by atoms with Crippen molar-refractivity contribution in [2.24, 2.45) is 0 Å². The Morgan fingerprint density at radius 1 is 1.08 bits per heavy atom. The molecule has 3 rings (SSSR count). The van der Waals surface area contributed by atoms with Crippen LogP contribution in [-0.4, -0.2) is 17.4 Å². The fourth-order valence-corrected chi connectivity index (χ4v) is 3.09. The smallest absolute Gasteiger partial charge is 0.252 e. The molecule has 136 valence electrons. The molecule has 0 aliphatic rings. The van der Waals surface area contributed by atoms with Gasteiger partial charge in [0.25, 0.3) is 5.91 Å². The van der Waals surface area contributed by atoms with Crippen LogP contribution < -0.4 is 5.32 Å². The molecule has 0 radical (unpaired) electrons. The van der Waals surface area contributed by atoms with E-state index >= 15 is 0 Å². The van der Waals surface area contributed by atoms with Crippen LogP contribution in [0.4, 0.5) is 0 Å². The molecule has 2 aromatic heterocycles. The predicted octanol–water partition coefficient (Wildman–Crippen LogP) is 5.50. The van der Waals surface area contributed by atoms with Crippen LogP contribution in [0, 0.1) is 6.92 Å². The molecule has 1 amide bonds. The zero-order chi connectivity index (χ0) is 18.4. The molecule has 26 heavy (non-hydrogen) atoms. The van der Waals surface area contributed by atoms with Crippen molar-refractivity contribution in [3.63, 3.8) is 0 Å². The molecule has 4 nitrogen and oxygen atoms in total. The molecule has 2 heterocycles. The molecule has 0 fully saturated rings. The summed E-state index contributed by atoms with van der Waals surface area (Å²) in [4.78, 5) is 17.4. The van der Waals surface area contributed by atoms with Crippen LogP contribution in [-0.2, 0) is 0 Å². The molecular weight excluding hydrogens is 324 g/mol. The Morgan fingerprint density at radius 2 is 1.88 bits per heavy atom. The lowest BCUT2D eigenvalue weighted by Gasteiger charge is -2.10. The molecule has 0 spiro atoms. The highest BCUT2D eigenvalue weighted by atomic mass is 16.3. The molecule has 0 unspecified atom stereocenters. The van der Waals surface area contributed by atoms with Gasteiger partial charge in [0.1, 0.15) is 11.5 Å². The number of hydrogen-bond donors (Lipinski definition) is 1. The standard InChI is InChI=1S/C22H26N2O2/c1-3-4-5-6-9-14-23-22(25)18-15-20(21-13-12-16(2)26-21)24-19-11-8-7-10-17(18)19/h7-8,10-13,15H,3-6,9,14H2,1-2H3,(H,23,25). The summed E-state index contributed by atoms with van der Waals surface area (Å²) < 4.78 is 5.70. The number of aryl methyl sites for hydroxylation is 1. The molecule has 1 aromatic carbocycles. The van der Waals surface area contributed by atoms with E-state index < -0.39 is 0 Å². The van der Waals surface area contributed by atoms with E-state index in [2.05, 4.69) is 17.2 Å². The van der Waals surface area contributed by atoms with Gasteiger partial charge in [-0.3, -0.25) is 4.79 Å². The van der Waals surface area contributed by atoms with Gasteiger partial charge in [0.15, 0.2) is 5.76 Å². The maximum absolute atomic E-state index is 12.8. The highest BCUT2D eigenvalue weighted by molar-refractivity contribution is 6.07. The lowest BCUT2D eigenvalue weighted by Crippen LogP contribution is -2.24.